The number of hydrogen-bond acceptors (Lipinski definition) is 2. The molecule has 0 heterocycles. The van der Waals surface area contributed by atoms with Crippen molar-refractivity contribution in [3.05, 3.63) is 34.9 Å². The molecule has 0 amide bonds. The Morgan fingerprint density at radius 3 is 2.92 bits per heavy atom. The largest absolute Gasteiger partial charge is 0.298 e. The van der Waals surface area contributed by atoms with E-state index in [9.17, 15) is 4.79 Å². The molecule has 0 aliphatic heterocycles. The molecule has 0 fully saturated rings. The third kappa shape index (κ3) is 2.64. The maximum absolute atomic E-state index is 10.6. The van der Waals surface area contributed by atoms with E-state index in [1.807, 2.05) is 19.1 Å². The molecule has 0 aliphatic carbocycles. The second-order valence-corrected chi connectivity index (χ2v) is 2.98. The van der Waals surface area contributed by atoms with Gasteiger partial charge in [-0.2, -0.15) is 12.6 Å². The van der Waals surface area contributed by atoms with E-state index >= 15 is 0 Å². The number of benzene rings is 1. The molecular weight excluding hydrogens is 180 g/mol. The number of aryl methyl sites for hydroxylation is 1. The smallest absolute Gasteiger partial charge is 0.151 e. The zero-order valence-corrected chi connectivity index (χ0v) is 8.27. The topological polar surface area (TPSA) is 17.1 Å². The van der Waals surface area contributed by atoms with Gasteiger partial charge in [0.1, 0.15) is 0 Å². The summed E-state index contributed by atoms with van der Waals surface area (Å²) in [6.07, 6.45) is 0.821. The van der Waals surface area contributed by atoms with Crippen LogP contribution in [0.2, 0.25) is 0 Å². The molecule has 2 heteroatoms. The van der Waals surface area contributed by atoms with Crippen molar-refractivity contribution in [3.8, 4) is 11.8 Å². The van der Waals surface area contributed by atoms with E-state index in [2.05, 4.69) is 24.5 Å². The van der Waals surface area contributed by atoms with E-state index in [0.29, 0.717) is 11.3 Å². The van der Waals surface area contributed by atoms with Crippen LogP contribution >= 0.6 is 12.6 Å². The van der Waals surface area contributed by atoms with Gasteiger partial charge in [-0.05, 0) is 18.6 Å². The number of carbonyl (C=O) groups excluding carboxylic acids is 1. The Labute approximate surface area is 83.6 Å². The summed E-state index contributed by atoms with van der Waals surface area (Å²) >= 11 is 3.98. The van der Waals surface area contributed by atoms with Crippen molar-refractivity contribution in [3.63, 3.8) is 0 Å². The van der Waals surface area contributed by atoms with Crippen LogP contribution < -0.4 is 0 Å². The number of aldehydes is 1. The monoisotopic (exact) mass is 190 g/mol. The van der Waals surface area contributed by atoms with E-state index in [0.717, 1.165) is 17.4 Å². The molecule has 0 radical (unpaired) electrons. The first-order chi connectivity index (χ1) is 6.27. The molecule has 66 valence electrons. The quantitative estimate of drug-likeness (QED) is 0.407. The van der Waals surface area contributed by atoms with Gasteiger partial charge in [-0.1, -0.05) is 24.0 Å². The molecule has 1 aromatic rings. The van der Waals surface area contributed by atoms with E-state index in [4.69, 9.17) is 0 Å². The molecule has 1 nitrogen and oxygen atoms in total. The molecule has 0 N–H and O–H groups in total. The molecule has 0 aliphatic rings. The van der Waals surface area contributed by atoms with E-state index in [-0.39, 0.29) is 0 Å². The molecule has 0 spiro atoms. The van der Waals surface area contributed by atoms with Gasteiger partial charge < -0.3 is 0 Å². The highest BCUT2D eigenvalue weighted by atomic mass is 32.1. The van der Waals surface area contributed by atoms with Crippen LogP contribution in [0.3, 0.4) is 0 Å². The maximum Gasteiger partial charge on any atom is 0.151 e. The zero-order chi connectivity index (χ0) is 9.68. The normalized spacial score (nSPS) is 8.77. The second-order valence-electron chi connectivity index (χ2n) is 2.67. The molecule has 0 saturated carbocycles. The lowest BCUT2D eigenvalue weighted by Gasteiger charge is -1.97. The van der Waals surface area contributed by atoms with Crippen LogP contribution in [-0.2, 0) is 0 Å². The van der Waals surface area contributed by atoms with Gasteiger partial charge in [0.2, 0.25) is 0 Å². The lowest BCUT2D eigenvalue weighted by molar-refractivity contribution is 0.112. The van der Waals surface area contributed by atoms with Gasteiger partial charge in [0.05, 0.1) is 5.75 Å². The highest BCUT2D eigenvalue weighted by Crippen LogP contribution is 2.08. The summed E-state index contributed by atoms with van der Waals surface area (Å²) in [5.41, 5.74) is 2.53. The van der Waals surface area contributed by atoms with Crippen LogP contribution in [0.15, 0.2) is 18.2 Å². The Morgan fingerprint density at radius 1 is 1.54 bits per heavy atom. The van der Waals surface area contributed by atoms with Crippen molar-refractivity contribution >= 4 is 18.9 Å². The minimum Gasteiger partial charge on any atom is -0.298 e. The predicted octanol–water partition coefficient (Wildman–Crippen LogP) is 2.09. The van der Waals surface area contributed by atoms with Crippen LogP contribution in [0.5, 0.6) is 0 Å². The van der Waals surface area contributed by atoms with Crippen LogP contribution in [-0.4, -0.2) is 12.0 Å². The summed E-state index contributed by atoms with van der Waals surface area (Å²) in [6, 6.07) is 5.58. The van der Waals surface area contributed by atoms with Crippen LogP contribution in [0.25, 0.3) is 0 Å². The van der Waals surface area contributed by atoms with Gasteiger partial charge in [0.15, 0.2) is 6.29 Å². The maximum atomic E-state index is 10.6. The standard InChI is InChI=1S/C11H10OS/c1-9-4-5-11(8-12)10(7-9)3-2-6-13/h4-5,7-8,13H,6H2,1H3. The SMILES string of the molecule is Cc1ccc(C=O)c(C#CCS)c1. The molecule has 1 aromatic carbocycles. The lowest BCUT2D eigenvalue weighted by Crippen LogP contribution is -1.88. The van der Waals surface area contributed by atoms with Crippen LogP contribution in [0.1, 0.15) is 21.5 Å². The van der Waals surface area contributed by atoms with Crippen LogP contribution in [0.4, 0.5) is 0 Å². The summed E-state index contributed by atoms with van der Waals surface area (Å²) in [5, 5.41) is 0. The Hall–Kier alpha value is -1.20. The number of carbonyl (C=O) groups is 1. The molecule has 0 saturated heterocycles. The summed E-state index contributed by atoms with van der Waals surface area (Å²) in [7, 11) is 0. The van der Waals surface area contributed by atoms with Crippen molar-refractivity contribution in [2.75, 3.05) is 5.75 Å². The number of thiol groups is 1. The predicted molar refractivity (Wildman–Crippen MR) is 57.3 cm³/mol. The van der Waals surface area contributed by atoms with Gasteiger partial charge in [-0.3, -0.25) is 4.79 Å². The van der Waals surface area contributed by atoms with Crippen molar-refractivity contribution < 1.29 is 4.79 Å². The van der Waals surface area contributed by atoms with Gasteiger partial charge in [0.25, 0.3) is 0 Å². The average molecular weight is 190 g/mol. The lowest BCUT2D eigenvalue weighted by atomic mass is 10.1. The molecular formula is C11H10OS. The highest BCUT2D eigenvalue weighted by molar-refractivity contribution is 7.80. The van der Waals surface area contributed by atoms with Gasteiger partial charge in [0, 0.05) is 11.1 Å². The second kappa shape index (κ2) is 4.74. The molecule has 1 rings (SSSR count). The Morgan fingerprint density at radius 2 is 2.31 bits per heavy atom. The molecule has 0 aromatic heterocycles. The molecule has 0 atom stereocenters. The first-order valence-electron chi connectivity index (χ1n) is 3.93. The van der Waals surface area contributed by atoms with Crippen molar-refractivity contribution in [2.24, 2.45) is 0 Å². The molecule has 0 unspecified atom stereocenters. The first kappa shape index (κ1) is 9.88. The number of rotatable bonds is 1. The summed E-state index contributed by atoms with van der Waals surface area (Å²) in [6.45, 7) is 1.97. The summed E-state index contributed by atoms with van der Waals surface area (Å²) < 4.78 is 0. The van der Waals surface area contributed by atoms with E-state index in [1.165, 1.54) is 0 Å². The van der Waals surface area contributed by atoms with Crippen molar-refractivity contribution in [1.29, 1.82) is 0 Å². The fourth-order valence-electron chi connectivity index (χ4n) is 1.02. The minimum absolute atomic E-state index is 0.506. The van der Waals surface area contributed by atoms with E-state index < -0.39 is 0 Å². The van der Waals surface area contributed by atoms with Gasteiger partial charge in [-0.25, -0.2) is 0 Å². The van der Waals surface area contributed by atoms with E-state index in [1.54, 1.807) is 6.07 Å². The Balaban J connectivity index is 3.15. The van der Waals surface area contributed by atoms with Crippen LogP contribution in [0, 0.1) is 18.8 Å². The van der Waals surface area contributed by atoms with Crippen molar-refractivity contribution in [2.45, 2.75) is 6.92 Å². The third-order valence-corrected chi connectivity index (χ3v) is 1.80. The van der Waals surface area contributed by atoms with Gasteiger partial charge >= 0.3 is 0 Å². The molecule has 0 bridgehead atoms. The Bertz CT molecular complexity index is 371. The van der Waals surface area contributed by atoms with Crippen molar-refractivity contribution in [1.82, 2.24) is 0 Å². The molecule has 13 heavy (non-hydrogen) atoms. The Kier molecular flexibility index (Phi) is 3.60. The average Bonchev–Trinajstić information content (AvgIpc) is 2.15. The summed E-state index contributed by atoms with van der Waals surface area (Å²) in [4.78, 5) is 10.6. The fourth-order valence-corrected chi connectivity index (χ4v) is 1.09. The zero-order valence-electron chi connectivity index (χ0n) is 7.37. The summed E-state index contributed by atoms with van der Waals surface area (Å²) in [5.74, 6) is 6.23. The third-order valence-electron chi connectivity index (χ3n) is 1.64. The highest BCUT2D eigenvalue weighted by Gasteiger charge is 1.97. The van der Waals surface area contributed by atoms with Gasteiger partial charge in [-0.15, -0.1) is 0 Å². The minimum atomic E-state index is 0.506. The fraction of sp³-hybridized carbons (Fsp3) is 0.182. The first-order valence-corrected chi connectivity index (χ1v) is 4.56. The number of hydrogen-bond donors (Lipinski definition) is 1.